The molecule has 6 nitrogen and oxygen atoms in total. The van der Waals surface area contributed by atoms with Crippen molar-refractivity contribution in [3.8, 4) is 0 Å². The van der Waals surface area contributed by atoms with E-state index in [-0.39, 0.29) is 17.0 Å². The monoisotopic (exact) mass is 408 g/mol. The van der Waals surface area contributed by atoms with Crippen LogP contribution in [0.15, 0.2) is 42.5 Å². The van der Waals surface area contributed by atoms with E-state index >= 15 is 0 Å². The second-order valence-corrected chi connectivity index (χ2v) is 7.96. The third-order valence-electron chi connectivity index (χ3n) is 5.65. The Morgan fingerprint density at radius 1 is 0.967 bits per heavy atom. The van der Waals surface area contributed by atoms with Crippen LogP contribution in [0, 0.1) is 12.8 Å². The zero-order chi connectivity index (χ0) is 21.5. The van der Waals surface area contributed by atoms with Crippen LogP contribution < -0.4 is 10.6 Å². The van der Waals surface area contributed by atoms with Crippen molar-refractivity contribution < 1.29 is 19.5 Å². The van der Waals surface area contributed by atoms with Crippen LogP contribution in [-0.4, -0.2) is 22.9 Å². The van der Waals surface area contributed by atoms with Crippen LogP contribution >= 0.6 is 0 Å². The summed E-state index contributed by atoms with van der Waals surface area (Å²) in [6, 6.07) is 11.3. The fraction of sp³-hybridized carbons (Fsp3) is 0.375. The molecule has 6 heteroatoms. The number of amides is 2. The summed E-state index contributed by atoms with van der Waals surface area (Å²) in [4.78, 5) is 36.0. The summed E-state index contributed by atoms with van der Waals surface area (Å²) < 4.78 is 0. The Bertz CT molecular complexity index is 933. The van der Waals surface area contributed by atoms with Gasteiger partial charge < -0.3 is 15.7 Å². The molecule has 1 aliphatic carbocycles. The molecule has 0 radical (unpaired) electrons. The molecule has 0 aliphatic heterocycles. The van der Waals surface area contributed by atoms with Gasteiger partial charge in [-0.25, -0.2) is 4.79 Å². The van der Waals surface area contributed by atoms with Crippen LogP contribution in [0.3, 0.4) is 0 Å². The summed E-state index contributed by atoms with van der Waals surface area (Å²) in [5.74, 6) is -0.851. The van der Waals surface area contributed by atoms with E-state index < -0.39 is 11.9 Å². The summed E-state index contributed by atoms with van der Waals surface area (Å²) >= 11 is 0. The molecule has 2 aromatic rings. The number of nitrogens with one attached hydrogen (secondary N) is 2. The van der Waals surface area contributed by atoms with Crippen molar-refractivity contribution in [3.63, 3.8) is 0 Å². The Hall–Kier alpha value is -3.15. The van der Waals surface area contributed by atoms with Gasteiger partial charge in [-0.05, 0) is 55.2 Å². The molecular weight excluding hydrogens is 380 g/mol. The lowest BCUT2D eigenvalue weighted by molar-refractivity contribution is -0.116. The van der Waals surface area contributed by atoms with E-state index in [2.05, 4.69) is 10.6 Å². The molecule has 3 rings (SSSR count). The Morgan fingerprint density at radius 3 is 2.43 bits per heavy atom. The van der Waals surface area contributed by atoms with Crippen LogP contribution in [-0.2, 0) is 4.79 Å². The third kappa shape index (κ3) is 5.92. The molecule has 2 amide bonds. The van der Waals surface area contributed by atoms with Crippen LogP contribution in [0.2, 0.25) is 0 Å². The number of hydrogen-bond acceptors (Lipinski definition) is 3. The molecule has 158 valence electrons. The van der Waals surface area contributed by atoms with E-state index in [9.17, 15) is 14.4 Å². The van der Waals surface area contributed by atoms with Crippen LogP contribution in [0.1, 0.15) is 71.2 Å². The van der Waals surface area contributed by atoms with E-state index in [1.54, 1.807) is 12.1 Å². The van der Waals surface area contributed by atoms with E-state index in [1.165, 1.54) is 50.3 Å². The van der Waals surface area contributed by atoms with Crippen LogP contribution in [0.25, 0.3) is 0 Å². The number of hydrogen-bond donors (Lipinski definition) is 3. The predicted molar refractivity (Wildman–Crippen MR) is 117 cm³/mol. The maximum absolute atomic E-state index is 12.6. The molecule has 0 atom stereocenters. The number of carboxylic acid groups (broad SMARTS) is 1. The van der Waals surface area contributed by atoms with Crippen molar-refractivity contribution in [1.82, 2.24) is 0 Å². The minimum Gasteiger partial charge on any atom is -0.478 e. The van der Waals surface area contributed by atoms with Gasteiger partial charge in [-0.3, -0.25) is 9.59 Å². The largest absolute Gasteiger partial charge is 0.478 e. The maximum Gasteiger partial charge on any atom is 0.335 e. The van der Waals surface area contributed by atoms with Gasteiger partial charge in [-0.15, -0.1) is 0 Å². The highest BCUT2D eigenvalue weighted by Crippen LogP contribution is 2.27. The molecule has 1 fully saturated rings. The van der Waals surface area contributed by atoms with E-state index in [4.69, 9.17) is 5.11 Å². The van der Waals surface area contributed by atoms with Crippen LogP contribution in [0.5, 0.6) is 0 Å². The zero-order valence-electron chi connectivity index (χ0n) is 17.2. The molecule has 1 aliphatic rings. The lowest BCUT2D eigenvalue weighted by Gasteiger charge is -2.21. The number of anilines is 2. The number of aromatic carboxylic acids is 1. The average Bonchev–Trinajstić information content (AvgIpc) is 2.75. The summed E-state index contributed by atoms with van der Waals surface area (Å²) in [5.41, 5.74) is 2.36. The molecular formula is C24H28N2O4. The molecule has 0 heterocycles. The van der Waals surface area contributed by atoms with Gasteiger partial charge in [-0.2, -0.15) is 0 Å². The first-order valence-corrected chi connectivity index (χ1v) is 10.5. The van der Waals surface area contributed by atoms with E-state index in [1.807, 2.05) is 19.1 Å². The van der Waals surface area contributed by atoms with Crippen molar-refractivity contribution in [1.29, 1.82) is 0 Å². The third-order valence-corrected chi connectivity index (χ3v) is 5.65. The van der Waals surface area contributed by atoms with Gasteiger partial charge in [0.15, 0.2) is 0 Å². The second-order valence-electron chi connectivity index (χ2n) is 7.96. The second kappa shape index (κ2) is 10.1. The molecule has 0 bridgehead atoms. The van der Waals surface area contributed by atoms with Gasteiger partial charge in [0, 0.05) is 23.4 Å². The highest BCUT2D eigenvalue weighted by atomic mass is 16.4. The molecule has 1 saturated carbocycles. The Labute approximate surface area is 176 Å². The quantitative estimate of drug-likeness (QED) is 0.583. The highest BCUT2D eigenvalue weighted by molar-refractivity contribution is 6.06. The first-order chi connectivity index (χ1) is 14.4. The molecule has 3 N–H and O–H groups in total. The smallest absolute Gasteiger partial charge is 0.335 e. The molecule has 0 unspecified atom stereocenters. The number of aryl methyl sites for hydroxylation is 1. The molecule has 0 spiro atoms. The van der Waals surface area contributed by atoms with Gasteiger partial charge in [0.25, 0.3) is 5.91 Å². The maximum atomic E-state index is 12.6. The number of carbonyl (C=O) groups excluding carboxylic acids is 2. The first-order valence-electron chi connectivity index (χ1n) is 10.5. The Morgan fingerprint density at radius 2 is 1.70 bits per heavy atom. The molecule has 0 aromatic heterocycles. The van der Waals surface area contributed by atoms with Gasteiger partial charge in [0.2, 0.25) is 5.91 Å². The van der Waals surface area contributed by atoms with Crippen molar-refractivity contribution in [2.75, 3.05) is 10.6 Å². The Balaban J connectivity index is 1.61. The summed E-state index contributed by atoms with van der Waals surface area (Å²) in [5, 5.41) is 14.8. The zero-order valence-corrected chi connectivity index (χ0v) is 17.2. The summed E-state index contributed by atoms with van der Waals surface area (Å²) in [7, 11) is 0. The van der Waals surface area contributed by atoms with Gasteiger partial charge in [0.1, 0.15) is 0 Å². The molecule has 30 heavy (non-hydrogen) atoms. The first kappa shape index (κ1) is 21.6. The fourth-order valence-corrected chi connectivity index (χ4v) is 3.86. The predicted octanol–water partition coefficient (Wildman–Crippen LogP) is 5.24. The average molecular weight is 408 g/mol. The van der Waals surface area contributed by atoms with Crippen molar-refractivity contribution >= 4 is 29.2 Å². The number of carboxylic acids is 1. The van der Waals surface area contributed by atoms with E-state index in [0.717, 1.165) is 12.0 Å². The fourth-order valence-electron chi connectivity index (χ4n) is 3.86. The van der Waals surface area contributed by atoms with Crippen molar-refractivity contribution in [2.24, 2.45) is 5.92 Å². The van der Waals surface area contributed by atoms with Crippen LogP contribution in [0.4, 0.5) is 11.4 Å². The number of carbonyl (C=O) groups is 3. The minimum atomic E-state index is -1.08. The standard InChI is InChI=1S/C24H28N2O4/c1-16-10-12-20(25-22(27)13-11-17-6-3-2-4-7-17)15-21(16)26-23(28)18-8-5-9-19(14-18)24(29)30/h5,8-10,12,14-15,17H,2-4,6-7,11,13H2,1H3,(H,25,27)(H,26,28)(H,29,30). The lowest BCUT2D eigenvalue weighted by Crippen LogP contribution is -2.16. The summed E-state index contributed by atoms with van der Waals surface area (Å²) in [6.07, 6.45) is 7.70. The topological polar surface area (TPSA) is 95.5 Å². The summed E-state index contributed by atoms with van der Waals surface area (Å²) in [6.45, 7) is 1.86. The normalized spacial score (nSPS) is 14.2. The van der Waals surface area contributed by atoms with E-state index in [0.29, 0.717) is 23.7 Å². The molecule has 2 aromatic carbocycles. The SMILES string of the molecule is Cc1ccc(NC(=O)CCC2CCCCC2)cc1NC(=O)c1cccc(C(=O)O)c1. The Kier molecular flexibility index (Phi) is 7.22. The van der Waals surface area contributed by atoms with Crippen molar-refractivity contribution in [3.05, 3.63) is 59.2 Å². The minimum absolute atomic E-state index is 0.0177. The highest BCUT2D eigenvalue weighted by Gasteiger charge is 2.15. The lowest BCUT2D eigenvalue weighted by atomic mass is 9.86. The van der Waals surface area contributed by atoms with Crippen molar-refractivity contribution in [2.45, 2.75) is 51.9 Å². The molecule has 0 saturated heterocycles. The van der Waals surface area contributed by atoms with Gasteiger partial charge in [-0.1, -0.05) is 44.2 Å². The number of rotatable bonds is 7. The van der Waals surface area contributed by atoms with Gasteiger partial charge >= 0.3 is 5.97 Å². The number of benzene rings is 2. The van der Waals surface area contributed by atoms with Gasteiger partial charge in [0.05, 0.1) is 5.56 Å².